The van der Waals surface area contributed by atoms with Gasteiger partial charge in [-0.15, -0.1) is 11.3 Å². The number of carbonyl (C=O) groups excluding carboxylic acids is 1. The number of ether oxygens (including phenoxy) is 1. The number of amides is 2. The number of methoxy groups -OCH3 is 1. The second-order valence-corrected chi connectivity index (χ2v) is 6.66. The number of carbonyl (C=O) groups is 1. The highest BCUT2D eigenvalue weighted by Gasteiger charge is 2.21. The largest absolute Gasteiger partial charge is 0.497 e. The summed E-state index contributed by atoms with van der Waals surface area (Å²) in [6.07, 6.45) is 0. The van der Waals surface area contributed by atoms with Crippen LogP contribution in [0.3, 0.4) is 0 Å². The molecule has 1 aromatic heterocycles. The molecule has 2 amide bonds. The quantitative estimate of drug-likeness (QED) is 0.924. The Morgan fingerprint density at radius 1 is 1.33 bits per heavy atom. The number of hydrogen-bond donors (Lipinski definition) is 1. The molecule has 24 heavy (non-hydrogen) atoms. The number of aromatic nitrogens is 1. The third-order valence-corrected chi connectivity index (χ3v) is 5.01. The van der Waals surface area contributed by atoms with E-state index in [1.165, 1.54) is 0 Å². The third kappa shape index (κ3) is 3.97. The Labute approximate surface area is 146 Å². The maximum absolute atomic E-state index is 12.3. The van der Waals surface area contributed by atoms with Crippen LogP contribution >= 0.6 is 11.3 Å². The zero-order valence-corrected chi connectivity index (χ0v) is 14.8. The summed E-state index contributed by atoms with van der Waals surface area (Å²) in [7, 11) is 1.67. The predicted octanol–water partition coefficient (Wildman–Crippen LogP) is 2.49. The molecule has 0 radical (unpaired) electrons. The highest BCUT2D eigenvalue weighted by atomic mass is 32.1. The van der Waals surface area contributed by atoms with Gasteiger partial charge in [-0.3, -0.25) is 0 Å². The Morgan fingerprint density at radius 2 is 2.12 bits per heavy atom. The topological polar surface area (TPSA) is 57.7 Å². The van der Waals surface area contributed by atoms with Crippen LogP contribution in [0.1, 0.15) is 10.7 Å². The summed E-state index contributed by atoms with van der Waals surface area (Å²) in [5.41, 5.74) is 2.13. The van der Waals surface area contributed by atoms with Crippen LogP contribution in [0.2, 0.25) is 0 Å². The molecule has 0 unspecified atom stereocenters. The molecule has 0 spiro atoms. The van der Waals surface area contributed by atoms with Gasteiger partial charge in [0.2, 0.25) is 0 Å². The number of aryl methyl sites for hydroxylation is 1. The molecule has 1 aliphatic heterocycles. The van der Waals surface area contributed by atoms with E-state index in [1.54, 1.807) is 18.4 Å². The van der Waals surface area contributed by atoms with E-state index in [4.69, 9.17) is 4.74 Å². The third-order valence-electron chi connectivity index (χ3n) is 4.04. The van der Waals surface area contributed by atoms with Gasteiger partial charge in [0.05, 0.1) is 13.7 Å². The number of thiazole rings is 1. The molecule has 0 bridgehead atoms. The lowest BCUT2D eigenvalue weighted by Crippen LogP contribution is -2.51. The summed E-state index contributed by atoms with van der Waals surface area (Å²) in [6, 6.07) is 8.01. The lowest BCUT2D eigenvalue weighted by Gasteiger charge is -2.36. The molecule has 1 saturated heterocycles. The van der Waals surface area contributed by atoms with Crippen molar-refractivity contribution >= 4 is 23.1 Å². The summed E-state index contributed by atoms with van der Waals surface area (Å²) >= 11 is 1.57. The van der Waals surface area contributed by atoms with Gasteiger partial charge in [0.1, 0.15) is 10.8 Å². The van der Waals surface area contributed by atoms with Crippen LogP contribution in [0, 0.1) is 6.92 Å². The molecule has 1 N–H and O–H groups in total. The average Bonchev–Trinajstić information content (AvgIpc) is 3.05. The van der Waals surface area contributed by atoms with E-state index < -0.39 is 0 Å². The monoisotopic (exact) mass is 346 g/mol. The van der Waals surface area contributed by atoms with E-state index >= 15 is 0 Å². The smallest absolute Gasteiger partial charge is 0.317 e. The normalized spacial score (nSPS) is 14.6. The second-order valence-electron chi connectivity index (χ2n) is 5.72. The molecule has 2 heterocycles. The van der Waals surface area contributed by atoms with Crippen molar-refractivity contribution in [3.63, 3.8) is 0 Å². The predicted molar refractivity (Wildman–Crippen MR) is 95.9 cm³/mol. The highest BCUT2D eigenvalue weighted by Crippen LogP contribution is 2.22. The van der Waals surface area contributed by atoms with Crippen molar-refractivity contribution in [2.45, 2.75) is 13.5 Å². The lowest BCUT2D eigenvalue weighted by atomic mass is 10.2. The van der Waals surface area contributed by atoms with Crippen molar-refractivity contribution in [2.75, 3.05) is 38.2 Å². The summed E-state index contributed by atoms with van der Waals surface area (Å²) in [5.74, 6) is 0.853. The Morgan fingerprint density at radius 3 is 2.79 bits per heavy atom. The molecular formula is C17H22N4O2S. The van der Waals surface area contributed by atoms with E-state index in [0.29, 0.717) is 19.6 Å². The fraction of sp³-hybridized carbons (Fsp3) is 0.412. The van der Waals surface area contributed by atoms with Crippen molar-refractivity contribution in [1.82, 2.24) is 15.2 Å². The molecule has 0 atom stereocenters. The average molecular weight is 346 g/mol. The zero-order valence-electron chi connectivity index (χ0n) is 14.0. The van der Waals surface area contributed by atoms with Gasteiger partial charge in [-0.25, -0.2) is 9.78 Å². The Bertz CT molecular complexity index is 695. The van der Waals surface area contributed by atoms with Crippen LogP contribution in [0.4, 0.5) is 10.5 Å². The molecule has 1 fully saturated rings. The summed E-state index contributed by atoms with van der Waals surface area (Å²) in [4.78, 5) is 20.8. The molecule has 3 rings (SSSR count). The Balaban J connectivity index is 1.49. The van der Waals surface area contributed by atoms with E-state index in [0.717, 1.165) is 35.2 Å². The second kappa shape index (κ2) is 7.53. The number of urea groups is 1. The molecule has 2 aromatic rings. The molecule has 0 saturated carbocycles. The maximum Gasteiger partial charge on any atom is 0.317 e. The lowest BCUT2D eigenvalue weighted by molar-refractivity contribution is 0.194. The molecule has 0 aliphatic carbocycles. The van der Waals surface area contributed by atoms with Crippen molar-refractivity contribution in [3.05, 3.63) is 40.3 Å². The molecule has 128 valence electrons. The van der Waals surface area contributed by atoms with Crippen LogP contribution in [-0.4, -0.2) is 49.2 Å². The number of nitrogens with zero attached hydrogens (tertiary/aromatic N) is 3. The minimum atomic E-state index is -0.0202. The standard InChI is InChI=1S/C17H22N4O2S/c1-13-12-24-16(19-13)11-18-17(22)21-8-6-20(7-9-21)14-4-3-5-15(10-14)23-2/h3-5,10,12H,6-9,11H2,1-2H3,(H,18,22). The number of hydrogen-bond acceptors (Lipinski definition) is 5. The molecular weight excluding hydrogens is 324 g/mol. The van der Waals surface area contributed by atoms with Crippen LogP contribution in [0.15, 0.2) is 29.6 Å². The van der Waals surface area contributed by atoms with Gasteiger partial charge in [0, 0.05) is 49.0 Å². The van der Waals surface area contributed by atoms with Gasteiger partial charge >= 0.3 is 6.03 Å². The Kier molecular flexibility index (Phi) is 5.20. The number of nitrogens with one attached hydrogen (secondary N) is 1. The van der Waals surface area contributed by atoms with Gasteiger partial charge in [-0.05, 0) is 19.1 Å². The zero-order chi connectivity index (χ0) is 16.9. The van der Waals surface area contributed by atoms with Crippen LogP contribution < -0.4 is 15.0 Å². The van der Waals surface area contributed by atoms with Crippen LogP contribution in [-0.2, 0) is 6.54 Å². The fourth-order valence-corrected chi connectivity index (χ4v) is 3.43. The van der Waals surface area contributed by atoms with Crippen molar-refractivity contribution in [2.24, 2.45) is 0 Å². The first kappa shape index (κ1) is 16.6. The number of rotatable bonds is 4. The van der Waals surface area contributed by atoms with Crippen molar-refractivity contribution in [3.8, 4) is 5.75 Å². The number of piperazine rings is 1. The number of benzene rings is 1. The highest BCUT2D eigenvalue weighted by molar-refractivity contribution is 7.09. The Hall–Kier alpha value is -2.28. The van der Waals surface area contributed by atoms with Crippen LogP contribution in [0.25, 0.3) is 0 Å². The summed E-state index contributed by atoms with van der Waals surface area (Å²) < 4.78 is 5.27. The van der Waals surface area contributed by atoms with Crippen LogP contribution in [0.5, 0.6) is 5.75 Å². The first-order valence-electron chi connectivity index (χ1n) is 7.98. The molecule has 7 heteroatoms. The minimum absolute atomic E-state index is 0.0202. The van der Waals surface area contributed by atoms with Gasteiger partial charge in [0.15, 0.2) is 0 Å². The van der Waals surface area contributed by atoms with E-state index in [2.05, 4.69) is 21.3 Å². The molecule has 1 aromatic carbocycles. The summed E-state index contributed by atoms with van der Waals surface area (Å²) in [6.45, 7) is 5.50. The summed E-state index contributed by atoms with van der Waals surface area (Å²) in [5, 5.41) is 5.89. The minimum Gasteiger partial charge on any atom is -0.497 e. The van der Waals surface area contributed by atoms with Gasteiger partial charge in [0.25, 0.3) is 0 Å². The molecule has 1 aliphatic rings. The van der Waals surface area contributed by atoms with Gasteiger partial charge in [-0.2, -0.15) is 0 Å². The molecule has 6 nitrogen and oxygen atoms in total. The van der Waals surface area contributed by atoms with Gasteiger partial charge < -0.3 is 19.9 Å². The fourth-order valence-electron chi connectivity index (χ4n) is 2.72. The van der Waals surface area contributed by atoms with Crippen molar-refractivity contribution in [1.29, 1.82) is 0 Å². The SMILES string of the molecule is COc1cccc(N2CCN(C(=O)NCc3nc(C)cs3)CC2)c1. The number of anilines is 1. The van der Waals surface area contributed by atoms with Gasteiger partial charge in [-0.1, -0.05) is 6.07 Å². The van der Waals surface area contributed by atoms with Crippen molar-refractivity contribution < 1.29 is 9.53 Å². The van der Waals surface area contributed by atoms with E-state index in [9.17, 15) is 4.79 Å². The van der Waals surface area contributed by atoms with E-state index in [-0.39, 0.29) is 6.03 Å². The van der Waals surface area contributed by atoms with E-state index in [1.807, 2.05) is 35.4 Å². The first-order chi connectivity index (χ1) is 11.7. The first-order valence-corrected chi connectivity index (χ1v) is 8.86. The maximum atomic E-state index is 12.3.